The first-order chi connectivity index (χ1) is 13.4. The van der Waals surface area contributed by atoms with Crippen molar-refractivity contribution in [1.82, 2.24) is 0 Å². The predicted octanol–water partition coefficient (Wildman–Crippen LogP) is 8.09. The molecule has 161 valence electrons. The van der Waals surface area contributed by atoms with Crippen LogP contribution in [-0.2, 0) is 24.7 Å². The molecule has 0 nitrogen and oxygen atoms in total. The Balaban J connectivity index is 0.00000160. The van der Waals surface area contributed by atoms with Crippen molar-refractivity contribution in [2.24, 2.45) is 5.92 Å². The summed E-state index contributed by atoms with van der Waals surface area (Å²) in [6.07, 6.45) is 12.6. The van der Waals surface area contributed by atoms with Crippen LogP contribution in [0.1, 0.15) is 59.7 Å². The van der Waals surface area contributed by atoms with Crippen LogP contribution in [0.3, 0.4) is 0 Å². The molecule has 1 fully saturated rings. The third-order valence-electron chi connectivity index (χ3n) is 6.71. The van der Waals surface area contributed by atoms with Gasteiger partial charge in [-0.05, 0) is 0 Å². The Labute approximate surface area is 212 Å². The molecule has 0 aromatic heterocycles. The maximum atomic E-state index is 2.57. The molecule has 0 amide bonds. The molecule has 0 spiro atoms. The van der Waals surface area contributed by atoms with E-state index in [1.54, 1.807) is 41.0 Å². The first-order valence-corrected chi connectivity index (χ1v) is 16.0. The molecule has 0 saturated heterocycles. The summed E-state index contributed by atoms with van der Waals surface area (Å²) in [6.45, 7) is 7.28. The van der Waals surface area contributed by atoms with Gasteiger partial charge in [-0.3, -0.25) is 0 Å². The first-order valence-electron chi connectivity index (χ1n) is 11.1. The summed E-state index contributed by atoms with van der Waals surface area (Å²) in [4.78, 5) is 0. The average Bonchev–Trinajstić information content (AvgIpc) is 2.85. The van der Waals surface area contributed by atoms with Crippen molar-refractivity contribution in [1.29, 1.82) is 0 Å². The van der Waals surface area contributed by atoms with Crippen LogP contribution in [0.2, 0.25) is 19.6 Å². The zero-order valence-electron chi connectivity index (χ0n) is 18.5. The number of hydrogen-bond acceptors (Lipinski definition) is 0. The molecule has 2 aliphatic rings. The zero-order chi connectivity index (χ0) is 19.7. The van der Waals surface area contributed by atoms with Gasteiger partial charge in [-0.1, -0.05) is 0 Å². The van der Waals surface area contributed by atoms with Gasteiger partial charge >= 0.3 is 188 Å². The topological polar surface area (TPSA) is 0 Å². The van der Waals surface area contributed by atoms with Crippen LogP contribution < -0.4 is 5.19 Å². The minimum atomic E-state index is -1.24. The molecule has 30 heavy (non-hydrogen) atoms. The van der Waals surface area contributed by atoms with Gasteiger partial charge in [0, 0.05) is 0 Å². The van der Waals surface area contributed by atoms with E-state index in [1.807, 2.05) is 0 Å². The molecule has 1 atom stereocenters. The Bertz CT molecular complexity index is 860. The van der Waals surface area contributed by atoms with E-state index >= 15 is 0 Å². The second-order valence-corrected chi connectivity index (χ2v) is 16.3. The van der Waals surface area contributed by atoms with Crippen molar-refractivity contribution in [3.63, 3.8) is 0 Å². The molecule has 0 heterocycles. The molecule has 1 unspecified atom stereocenters. The monoisotopic (exact) mass is 535 g/mol. The number of fused-ring (bicyclic) bond motifs is 1. The molecule has 4 heteroatoms. The summed E-state index contributed by atoms with van der Waals surface area (Å²) < 4.78 is 0.673. The summed E-state index contributed by atoms with van der Waals surface area (Å²) in [7, 11) is -1.24. The molecule has 1 saturated carbocycles. The average molecular weight is 538 g/mol. The van der Waals surface area contributed by atoms with E-state index in [0.29, 0.717) is 3.63 Å². The predicted molar refractivity (Wildman–Crippen MR) is 136 cm³/mol. The summed E-state index contributed by atoms with van der Waals surface area (Å²) in [6, 6.07) is 16.5. The quantitative estimate of drug-likeness (QED) is 0.273. The van der Waals surface area contributed by atoms with Crippen LogP contribution in [0.4, 0.5) is 0 Å². The largest absolute Gasteiger partial charge is 0.147 e. The van der Waals surface area contributed by atoms with E-state index in [2.05, 4.69) is 68.2 Å². The Morgan fingerprint density at radius 1 is 0.867 bits per heavy atom. The molecule has 4 rings (SSSR count). The number of halogens is 2. The molecule has 2 aromatic carbocycles. The second-order valence-electron chi connectivity index (χ2n) is 9.85. The molecule has 0 aliphatic heterocycles. The van der Waals surface area contributed by atoms with Crippen molar-refractivity contribution in [3.8, 4) is 11.1 Å². The number of rotatable bonds is 4. The zero-order valence-corrected chi connectivity index (χ0v) is 23.6. The van der Waals surface area contributed by atoms with E-state index in [4.69, 9.17) is 0 Å². The Kier molecular flexibility index (Phi) is 9.69. The van der Waals surface area contributed by atoms with Gasteiger partial charge in [0.05, 0.1) is 0 Å². The van der Waals surface area contributed by atoms with Crippen LogP contribution in [0.15, 0.2) is 48.0 Å². The van der Waals surface area contributed by atoms with E-state index in [9.17, 15) is 0 Å². The maximum Gasteiger partial charge on any atom is -0.147 e. The molecular formula is C26H35Cl2SiZr. The number of benzene rings is 2. The summed E-state index contributed by atoms with van der Waals surface area (Å²) in [5, 5.41) is 1.55. The summed E-state index contributed by atoms with van der Waals surface area (Å²) in [5.74, 6) is 0.922. The Hall–Kier alpha value is -0.140. The van der Waals surface area contributed by atoms with E-state index < -0.39 is 8.07 Å². The fraction of sp³-hybridized carbons (Fsp3) is 0.462. The molecular weight excluding hydrogens is 503 g/mol. The van der Waals surface area contributed by atoms with Gasteiger partial charge in [-0.25, -0.2) is 0 Å². The summed E-state index contributed by atoms with van der Waals surface area (Å²) in [5.41, 5.74) is 7.62. The van der Waals surface area contributed by atoms with Crippen molar-refractivity contribution < 1.29 is 24.7 Å². The van der Waals surface area contributed by atoms with E-state index in [0.717, 1.165) is 5.92 Å². The molecule has 0 bridgehead atoms. The van der Waals surface area contributed by atoms with Crippen molar-refractivity contribution in [3.05, 3.63) is 59.2 Å². The Morgan fingerprint density at radius 3 is 2.10 bits per heavy atom. The molecule has 2 aliphatic carbocycles. The fourth-order valence-corrected chi connectivity index (χ4v) is 7.22. The smallest absolute Gasteiger partial charge is 0.147 e. The van der Waals surface area contributed by atoms with Gasteiger partial charge in [0.15, 0.2) is 0 Å². The van der Waals surface area contributed by atoms with Gasteiger partial charge in [0.25, 0.3) is 0 Å². The maximum absolute atomic E-state index is 2.57. The van der Waals surface area contributed by atoms with Crippen LogP contribution in [0.25, 0.3) is 17.2 Å². The minimum absolute atomic E-state index is 0. The third kappa shape index (κ3) is 5.80. The van der Waals surface area contributed by atoms with E-state index in [-0.39, 0.29) is 24.8 Å². The SMILES string of the molecule is C[Si](C)(C)c1ccc(-c2cccc3c2C=C(CC2CCCCCC2)[CH]3[Zr])cc1.Cl.Cl. The van der Waals surface area contributed by atoms with Crippen LogP contribution in [0, 0.1) is 5.92 Å². The van der Waals surface area contributed by atoms with Gasteiger partial charge in [0.1, 0.15) is 0 Å². The fourth-order valence-electron chi connectivity index (χ4n) is 4.94. The summed E-state index contributed by atoms with van der Waals surface area (Å²) >= 11 is 1.65. The van der Waals surface area contributed by atoms with Crippen LogP contribution in [-0.4, -0.2) is 8.07 Å². The van der Waals surface area contributed by atoms with Gasteiger partial charge < -0.3 is 0 Å². The van der Waals surface area contributed by atoms with Crippen molar-refractivity contribution in [2.75, 3.05) is 0 Å². The molecule has 0 radical (unpaired) electrons. The van der Waals surface area contributed by atoms with Gasteiger partial charge in [-0.2, -0.15) is 0 Å². The van der Waals surface area contributed by atoms with E-state index in [1.165, 1.54) is 61.6 Å². The normalized spacial score (nSPS) is 19.1. The van der Waals surface area contributed by atoms with Crippen molar-refractivity contribution in [2.45, 2.75) is 68.2 Å². The third-order valence-corrected chi connectivity index (χ3v) is 10.5. The standard InChI is InChI=1S/C26H33Si.2ClH.Zr/c1-27(2,3)24-15-13-22(14-16-24)25-12-8-11-23-18-21(19-26(23)25)17-20-9-6-4-5-7-10-20;;;/h8,11-16,18-20H,4-7,9-10,17H2,1-3H3;2*1H;. The second kappa shape index (κ2) is 11.1. The number of hydrogen-bond donors (Lipinski definition) is 0. The van der Waals surface area contributed by atoms with Crippen LogP contribution >= 0.6 is 24.8 Å². The first kappa shape index (κ1) is 26.1. The van der Waals surface area contributed by atoms with Gasteiger partial charge in [0.2, 0.25) is 0 Å². The molecule has 0 N–H and O–H groups in total. The number of allylic oxidation sites excluding steroid dienone is 1. The van der Waals surface area contributed by atoms with Crippen molar-refractivity contribution >= 4 is 44.2 Å². The molecule has 2 aromatic rings. The van der Waals surface area contributed by atoms with Crippen LogP contribution in [0.5, 0.6) is 0 Å². The minimum Gasteiger partial charge on any atom is -0.147 e. The van der Waals surface area contributed by atoms with Gasteiger partial charge in [-0.15, -0.1) is 24.8 Å². The Morgan fingerprint density at radius 2 is 1.50 bits per heavy atom.